The Balaban J connectivity index is 1.83. The van der Waals surface area contributed by atoms with E-state index in [1.807, 2.05) is 30.9 Å². The van der Waals surface area contributed by atoms with Crippen LogP contribution in [0.4, 0.5) is 0 Å². The summed E-state index contributed by atoms with van der Waals surface area (Å²) in [7, 11) is 0. The van der Waals surface area contributed by atoms with E-state index >= 15 is 0 Å². The summed E-state index contributed by atoms with van der Waals surface area (Å²) in [5.74, 6) is 1.15. The van der Waals surface area contributed by atoms with Gasteiger partial charge < -0.3 is 9.32 Å². The summed E-state index contributed by atoms with van der Waals surface area (Å²) < 4.78 is 4.87. The van der Waals surface area contributed by atoms with E-state index in [-0.39, 0.29) is 5.91 Å². The minimum Gasteiger partial charge on any atom is -0.468 e. The van der Waals surface area contributed by atoms with Crippen molar-refractivity contribution in [3.63, 3.8) is 0 Å². The second kappa shape index (κ2) is 5.45. The molecule has 1 aliphatic heterocycles. The van der Waals surface area contributed by atoms with Gasteiger partial charge in [0.1, 0.15) is 5.76 Å². The average molecular weight is 315 g/mol. The Morgan fingerprint density at radius 3 is 2.56 bits per heavy atom. The van der Waals surface area contributed by atoms with Crippen molar-refractivity contribution in [3.8, 4) is 0 Å². The molecule has 0 radical (unpaired) electrons. The van der Waals surface area contributed by atoms with Crippen molar-refractivity contribution in [2.75, 3.05) is 26.2 Å². The van der Waals surface area contributed by atoms with E-state index in [4.69, 9.17) is 4.42 Å². The van der Waals surface area contributed by atoms with Gasteiger partial charge in [0.25, 0.3) is 0 Å². The molecule has 100 valence electrons. The Kier molecular flexibility index (Phi) is 4.12. The maximum Gasteiger partial charge on any atom is 0.238 e. The highest BCUT2D eigenvalue weighted by Gasteiger charge is 2.31. The van der Waals surface area contributed by atoms with Gasteiger partial charge in [-0.05, 0) is 26.0 Å². The lowest BCUT2D eigenvalue weighted by Crippen LogP contribution is -2.52. The fraction of sp³-hybridized carbons (Fsp3) is 0.615. The Bertz CT molecular complexity index is 390. The molecule has 2 rings (SSSR count). The Morgan fingerprint density at radius 2 is 2.06 bits per heavy atom. The number of carbonyl (C=O) groups is 1. The minimum absolute atomic E-state index is 0.167. The summed E-state index contributed by atoms with van der Waals surface area (Å²) in [6, 6.07) is 3.89. The maximum atomic E-state index is 12.1. The molecule has 0 unspecified atom stereocenters. The molecule has 0 saturated carbocycles. The fourth-order valence-electron chi connectivity index (χ4n) is 2.11. The van der Waals surface area contributed by atoms with Crippen LogP contribution in [0.5, 0.6) is 0 Å². The summed E-state index contributed by atoms with van der Waals surface area (Å²) in [6.07, 6.45) is 1.70. The molecule has 1 aromatic rings. The molecule has 1 amide bonds. The van der Waals surface area contributed by atoms with Crippen molar-refractivity contribution in [1.82, 2.24) is 9.80 Å². The molecule has 4 nitrogen and oxygen atoms in total. The SMILES string of the molecule is CC(C)(Br)C(=O)N1CCN(Cc2ccco2)CC1. The first kappa shape index (κ1) is 13.6. The van der Waals surface area contributed by atoms with Crippen LogP contribution in [0.3, 0.4) is 0 Å². The van der Waals surface area contributed by atoms with Crippen LogP contribution in [0, 0.1) is 0 Å². The van der Waals surface area contributed by atoms with Crippen LogP contribution >= 0.6 is 15.9 Å². The summed E-state index contributed by atoms with van der Waals surface area (Å²) in [5.41, 5.74) is 0. The van der Waals surface area contributed by atoms with Crippen LogP contribution in [0.2, 0.25) is 0 Å². The van der Waals surface area contributed by atoms with Crippen molar-refractivity contribution in [2.45, 2.75) is 24.7 Å². The lowest BCUT2D eigenvalue weighted by atomic mass is 10.1. The number of halogens is 1. The third kappa shape index (κ3) is 3.36. The molecule has 5 heteroatoms. The lowest BCUT2D eigenvalue weighted by molar-refractivity contribution is -0.134. The monoisotopic (exact) mass is 314 g/mol. The molecule has 2 heterocycles. The van der Waals surface area contributed by atoms with Crippen LogP contribution in [-0.4, -0.2) is 46.2 Å². The van der Waals surface area contributed by atoms with E-state index < -0.39 is 4.32 Å². The molecule has 1 aliphatic rings. The normalized spacial score (nSPS) is 18.1. The number of rotatable bonds is 3. The first-order chi connectivity index (χ1) is 8.47. The first-order valence-corrected chi connectivity index (χ1v) is 6.99. The summed E-state index contributed by atoms with van der Waals surface area (Å²) in [5, 5.41) is 0. The molecular weight excluding hydrogens is 296 g/mol. The molecule has 18 heavy (non-hydrogen) atoms. The van der Waals surface area contributed by atoms with E-state index in [2.05, 4.69) is 20.8 Å². The zero-order valence-corrected chi connectivity index (χ0v) is 12.4. The zero-order chi connectivity index (χ0) is 13.2. The molecule has 0 bridgehead atoms. The Hall–Kier alpha value is -0.810. The molecule has 0 N–H and O–H groups in total. The van der Waals surface area contributed by atoms with Crippen LogP contribution in [0.1, 0.15) is 19.6 Å². The number of hydrogen-bond acceptors (Lipinski definition) is 3. The third-order valence-electron chi connectivity index (χ3n) is 3.13. The molecule has 1 saturated heterocycles. The molecule has 0 aromatic carbocycles. The van der Waals surface area contributed by atoms with Gasteiger partial charge in [0.05, 0.1) is 17.1 Å². The van der Waals surface area contributed by atoms with Crippen molar-refractivity contribution in [3.05, 3.63) is 24.2 Å². The van der Waals surface area contributed by atoms with Crippen molar-refractivity contribution >= 4 is 21.8 Å². The van der Waals surface area contributed by atoms with Crippen LogP contribution in [0.15, 0.2) is 22.8 Å². The van der Waals surface area contributed by atoms with Gasteiger partial charge in [0, 0.05) is 26.2 Å². The smallest absolute Gasteiger partial charge is 0.238 e. The van der Waals surface area contributed by atoms with Crippen molar-refractivity contribution in [1.29, 1.82) is 0 Å². The highest BCUT2D eigenvalue weighted by molar-refractivity contribution is 9.10. The summed E-state index contributed by atoms with van der Waals surface area (Å²) in [6.45, 7) is 7.98. The van der Waals surface area contributed by atoms with Gasteiger partial charge in [-0.15, -0.1) is 0 Å². The van der Waals surface area contributed by atoms with E-state index in [1.54, 1.807) is 6.26 Å². The van der Waals surface area contributed by atoms with Crippen molar-refractivity contribution in [2.24, 2.45) is 0 Å². The number of furan rings is 1. The highest BCUT2D eigenvalue weighted by atomic mass is 79.9. The van der Waals surface area contributed by atoms with Crippen LogP contribution in [-0.2, 0) is 11.3 Å². The van der Waals surface area contributed by atoms with Crippen LogP contribution < -0.4 is 0 Å². The van der Waals surface area contributed by atoms with E-state index in [1.165, 1.54) is 0 Å². The number of carbonyl (C=O) groups excluding carboxylic acids is 1. The molecule has 1 aromatic heterocycles. The van der Waals surface area contributed by atoms with Gasteiger partial charge in [0.2, 0.25) is 5.91 Å². The molecule has 0 atom stereocenters. The van der Waals surface area contributed by atoms with E-state index in [0.717, 1.165) is 38.5 Å². The van der Waals surface area contributed by atoms with E-state index in [0.29, 0.717) is 0 Å². The van der Waals surface area contributed by atoms with E-state index in [9.17, 15) is 4.79 Å². The zero-order valence-electron chi connectivity index (χ0n) is 10.9. The standard InChI is InChI=1S/C13H19BrN2O2/c1-13(2,14)12(17)16-7-5-15(6-8-16)10-11-4-3-9-18-11/h3-4,9H,5-8,10H2,1-2H3. The topological polar surface area (TPSA) is 36.7 Å². The Labute approximate surface area is 116 Å². The molecule has 0 aliphatic carbocycles. The molecular formula is C13H19BrN2O2. The molecule has 1 fully saturated rings. The average Bonchev–Trinajstić information content (AvgIpc) is 2.81. The van der Waals surface area contributed by atoms with Gasteiger partial charge in [0.15, 0.2) is 0 Å². The number of nitrogens with zero attached hydrogens (tertiary/aromatic N) is 2. The van der Waals surface area contributed by atoms with Crippen LogP contribution in [0.25, 0.3) is 0 Å². The minimum atomic E-state index is -0.462. The largest absolute Gasteiger partial charge is 0.468 e. The molecule has 0 spiro atoms. The highest BCUT2D eigenvalue weighted by Crippen LogP contribution is 2.20. The number of piperazine rings is 1. The quantitative estimate of drug-likeness (QED) is 0.802. The van der Waals surface area contributed by atoms with Crippen molar-refractivity contribution < 1.29 is 9.21 Å². The Morgan fingerprint density at radius 1 is 1.39 bits per heavy atom. The second-order valence-electron chi connectivity index (χ2n) is 5.12. The summed E-state index contributed by atoms with van der Waals surface area (Å²) >= 11 is 3.42. The summed E-state index contributed by atoms with van der Waals surface area (Å²) in [4.78, 5) is 16.3. The third-order valence-corrected chi connectivity index (χ3v) is 3.47. The lowest BCUT2D eigenvalue weighted by Gasteiger charge is -2.36. The van der Waals surface area contributed by atoms with Gasteiger partial charge in [-0.3, -0.25) is 9.69 Å². The first-order valence-electron chi connectivity index (χ1n) is 6.20. The number of alkyl halides is 1. The van der Waals surface area contributed by atoms with Gasteiger partial charge in [-0.2, -0.15) is 0 Å². The predicted molar refractivity (Wildman–Crippen MR) is 73.6 cm³/mol. The second-order valence-corrected chi connectivity index (χ2v) is 7.10. The predicted octanol–water partition coefficient (Wildman–Crippen LogP) is 2.10. The van der Waals surface area contributed by atoms with Gasteiger partial charge >= 0.3 is 0 Å². The number of hydrogen-bond donors (Lipinski definition) is 0. The van der Waals surface area contributed by atoms with Gasteiger partial charge in [-0.1, -0.05) is 15.9 Å². The maximum absolute atomic E-state index is 12.1. The number of amides is 1. The van der Waals surface area contributed by atoms with Gasteiger partial charge in [-0.25, -0.2) is 0 Å². The fourth-order valence-corrected chi connectivity index (χ4v) is 2.36.